The molecule has 1 aromatic rings. The Labute approximate surface area is 127 Å². The van der Waals surface area contributed by atoms with Crippen molar-refractivity contribution in [2.24, 2.45) is 5.92 Å². The lowest BCUT2D eigenvalue weighted by Gasteiger charge is -2.19. The van der Waals surface area contributed by atoms with Gasteiger partial charge < -0.3 is 5.11 Å². The molecule has 20 heavy (non-hydrogen) atoms. The molecule has 0 aliphatic carbocycles. The van der Waals surface area contributed by atoms with Crippen LogP contribution in [0.3, 0.4) is 0 Å². The monoisotopic (exact) mass is 363 g/mol. The average Bonchev–Trinajstić information content (AvgIpc) is 2.35. The highest BCUT2D eigenvalue weighted by Crippen LogP contribution is 2.26. The van der Waals surface area contributed by atoms with Crippen LogP contribution in [0.15, 0.2) is 27.6 Å². The van der Waals surface area contributed by atoms with Crippen molar-refractivity contribution in [1.82, 2.24) is 4.31 Å². The Morgan fingerprint density at radius 2 is 2.00 bits per heavy atom. The SMILES string of the molecule is CC(C)CCN(C)S(=O)(=O)c1cc(C(=O)O)ccc1Br. The van der Waals surface area contributed by atoms with E-state index in [1.54, 1.807) is 0 Å². The smallest absolute Gasteiger partial charge is 0.335 e. The normalized spacial score (nSPS) is 12.1. The number of aromatic carboxylic acids is 1. The second kappa shape index (κ2) is 6.69. The lowest BCUT2D eigenvalue weighted by atomic mass is 10.1. The number of carboxylic acid groups (broad SMARTS) is 1. The van der Waals surface area contributed by atoms with Crippen molar-refractivity contribution in [3.8, 4) is 0 Å². The average molecular weight is 364 g/mol. The maximum Gasteiger partial charge on any atom is 0.335 e. The van der Waals surface area contributed by atoms with E-state index in [0.717, 1.165) is 6.42 Å². The highest BCUT2D eigenvalue weighted by Gasteiger charge is 2.24. The molecule has 5 nitrogen and oxygen atoms in total. The summed E-state index contributed by atoms with van der Waals surface area (Å²) in [5, 5.41) is 8.96. The summed E-state index contributed by atoms with van der Waals surface area (Å²) in [6.07, 6.45) is 0.742. The Bertz CT molecular complexity index is 598. The predicted octanol–water partition coefficient (Wildman–Crippen LogP) is 2.81. The van der Waals surface area contributed by atoms with E-state index >= 15 is 0 Å². The van der Waals surface area contributed by atoms with Crippen LogP contribution in [-0.2, 0) is 10.0 Å². The van der Waals surface area contributed by atoms with Gasteiger partial charge in [0.1, 0.15) is 0 Å². The van der Waals surface area contributed by atoms with Crippen molar-refractivity contribution < 1.29 is 18.3 Å². The third-order valence-corrected chi connectivity index (χ3v) is 5.74. The zero-order valence-corrected chi connectivity index (χ0v) is 14.0. The van der Waals surface area contributed by atoms with Crippen molar-refractivity contribution in [3.63, 3.8) is 0 Å². The fourth-order valence-electron chi connectivity index (χ4n) is 1.56. The van der Waals surface area contributed by atoms with E-state index < -0.39 is 16.0 Å². The number of sulfonamides is 1. The zero-order chi connectivity index (χ0) is 15.5. The number of halogens is 1. The highest BCUT2D eigenvalue weighted by molar-refractivity contribution is 9.10. The van der Waals surface area contributed by atoms with E-state index in [0.29, 0.717) is 16.9 Å². The van der Waals surface area contributed by atoms with E-state index in [1.807, 2.05) is 13.8 Å². The third kappa shape index (κ3) is 4.04. The van der Waals surface area contributed by atoms with Crippen LogP contribution in [0.2, 0.25) is 0 Å². The molecule has 0 heterocycles. The van der Waals surface area contributed by atoms with Gasteiger partial charge in [0.15, 0.2) is 0 Å². The van der Waals surface area contributed by atoms with Crippen LogP contribution in [0.5, 0.6) is 0 Å². The molecule has 0 spiro atoms. The minimum atomic E-state index is -3.70. The number of hydrogen-bond donors (Lipinski definition) is 1. The lowest BCUT2D eigenvalue weighted by Crippen LogP contribution is -2.29. The Balaban J connectivity index is 3.14. The Morgan fingerprint density at radius 3 is 2.50 bits per heavy atom. The van der Waals surface area contributed by atoms with Crippen LogP contribution in [0.4, 0.5) is 0 Å². The van der Waals surface area contributed by atoms with Crippen molar-refractivity contribution in [2.75, 3.05) is 13.6 Å². The molecule has 0 radical (unpaired) electrons. The van der Waals surface area contributed by atoms with Crippen LogP contribution >= 0.6 is 15.9 Å². The number of hydrogen-bond acceptors (Lipinski definition) is 3. The third-order valence-electron chi connectivity index (χ3n) is 2.89. The summed E-state index contributed by atoms with van der Waals surface area (Å²) in [5.74, 6) is -0.764. The van der Waals surface area contributed by atoms with Gasteiger partial charge in [0.25, 0.3) is 0 Å². The second-order valence-electron chi connectivity index (χ2n) is 4.96. The summed E-state index contributed by atoms with van der Waals surface area (Å²) in [4.78, 5) is 10.9. The molecular formula is C13H18BrNO4S. The molecule has 0 unspecified atom stereocenters. The van der Waals surface area contributed by atoms with Crippen molar-refractivity contribution in [3.05, 3.63) is 28.2 Å². The van der Waals surface area contributed by atoms with E-state index in [-0.39, 0.29) is 10.5 Å². The maximum absolute atomic E-state index is 12.4. The number of nitrogens with zero attached hydrogens (tertiary/aromatic N) is 1. The van der Waals surface area contributed by atoms with Crippen molar-refractivity contribution in [2.45, 2.75) is 25.2 Å². The fraction of sp³-hybridized carbons (Fsp3) is 0.462. The van der Waals surface area contributed by atoms with Gasteiger partial charge >= 0.3 is 5.97 Å². The molecule has 0 atom stereocenters. The number of carbonyl (C=O) groups is 1. The van der Waals surface area contributed by atoms with Gasteiger partial charge in [0.05, 0.1) is 10.5 Å². The maximum atomic E-state index is 12.4. The van der Waals surface area contributed by atoms with Gasteiger partial charge in [-0.1, -0.05) is 13.8 Å². The van der Waals surface area contributed by atoms with Crippen LogP contribution < -0.4 is 0 Å². The molecule has 1 rings (SSSR count). The molecular weight excluding hydrogens is 346 g/mol. The van der Waals surface area contributed by atoms with E-state index in [4.69, 9.17) is 5.11 Å². The first kappa shape index (κ1) is 17.1. The van der Waals surface area contributed by atoms with Crippen molar-refractivity contribution >= 4 is 31.9 Å². The van der Waals surface area contributed by atoms with Gasteiger partial charge in [-0.3, -0.25) is 0 Å². The Morgan fingerprint density at radius 1 is 1.40 bits per heavy atom. The summed E-state index contributed by atoms with van der Waals surface area (Å²) in [7, 11) is -2.20. The molecule has 0 aliphatic rings. The highest BCUT2D eigenvalue weighted by atomic mass is 79.9. The topological polar surface area (TPSA) is 74.7 Å². The molecule has 0 amide bonds. The predicted molar refractivity (Wildman–Crippen MR) is 80.4 cm³/mol. The summed E-state index contributed by atoms with van der Waals surface area (Å²) >= 11 is 3.16. The Kier molecular flexibility index (Phi) is 5.73. The number of carboxylic acids is 1. The van der Waals surface area contributed by atoms with E-state index in [1.165, 1.54) is 29.6 Å². The van der Waals surface area contributed by atoms with Gasteiger partial charge in [-0.15, -0.1) is 0 Å². The van der Waals surface area contributed by atoms with Crippen LogP contribution in [0.1, 0.15) is 30.6 Å². The summed E-state index contributed by atoms with van der Waals surface area (Å²) in [5.41, 5.74) is -0.0518. The zero-order valence-electron chi connectivity index (χ0n) is 11.6. The number of rotatable bonds is 6. The standard InChI is InChI=1S/C13H18BrNO4S/c1-9(2)6-7-15(3)20(18,19)12-8-10(13(16)17)4-5-11(12)14/h4-5,8-9H,6-7H2,1-3H3,(H,16,17). The Hall–Kier alpha value is -0.920. The summed E-state index contributed by atoms with van der Waals surface area (Å²) in [6.45, 7) is 4.42. The van der Waals surface area contributed by atoms with Gasteiger partial charge in [-0.25, -0.2) is 17.5 Å². The summed E-state index contributed by atoms with van der Waals surface area (Å²) in [6, 6.07) is 3.97. The van der Waals surface area contributed by atoms with Crippen LogP contribution in [0, 0.1) is 5.92 Å². The first-order valence-electron chi connectivity index (χ1n) is 6.15. The molecule has 0 saturated carbocycles. The molecule has 112 valence electrons. The second-order valence-corrected chi connectivity index (χ2v) is 7.83. The minimum absolute atomic E-state index is 0.0244. The first-order valence-corrected chi connectivity index (χ1v) is 8.38. The molecule has 0 aliphatic heterocycles. The molecule has 0 bridgehead atoms. The fourth-order valence-corrected chi connectivity index (χ4v) is 3.69. The molecule has 1 aromatic carbocycles. The minimum Gasteiger partial charge on any atom is -0.478 e. The van der Waals surface area contributed by atoms with Crippen LogP contribution in [0.25, 0.3) is 0 Å². The molecule has 7 heteroatoms. The van der Waals surface area contributed by atoms with Gasteiger partial charge in [-0.2, -0.15) is 0 Å². The first-order chi connectivity index (χ1) is 9.16. The van der Waals surface area contributed by atoms with Gasteiger partial charge in [0, 0.05) is 18.1 Å². The molecule has 0 fully saturated rings. The van der Waals surface area contributed by atoms with Crippen LogP contribution in [-0.4, -0.2) is 37.4 Å². The molecule has 0 aromatic heterocycles. The van der Waals surface area contributed by atoms with E-state index in [9.17, 15) is 13.2 Å². The summed E-state index contributed by atoms with van der Waals surface area (Å²) < 4.78 is 26.5. The number of benzene rings is 1. The molecule has 0 saturated heterocycles. The van der Waals surface area contributed by atoms with Gasteiger partial charge in [0.2, 0.25) is 10.0 Å². The van der Waals surface area contributed by atoms with E-state index in [2.05, 4.69) is 15.9 Å². The van der Waals surface area contributed by atoms with Crippen molar-refractivity contribution in [1.29, 1.82) is 0 Å². The quantitative estimate of drug-likeness (QED) is 0.842. The largest absolute Gasteiger partial charge is 0.478 e. The lowest BCUT2D eigenvalue weighted by molar-refractivity contribution is 0.0696. The van der Waals surface area contributed by atoms with Gasteiger partial charge in [-0.05, 0) is 46.5 Å². The molecule has 1 N–H and O–H groups in total.